The zero-order chi connectivity index (χ0) is 21.6. The molecule has 0 atom stereocenters. The van der Waals surface area contributed by atoms with Crippen LogP contribution in [0.2, 0.25) is 0 Å². The van der Waals surface area contributed by atoms with Gasteiger partial charge in [0.2, 0.25) is 0 Å². The number of hydrogen-bond donors (Lipinski definition) is 0. The minimum absolute atomic E-state index is 0.0339. The third-order valence-corrected chi connectivity index (χ3v) is 6.31. The van der Waals surface area contributed by atoms with Gasteiger partial charge in [-0.05, 0) is 60.2 Å². The van der Waals surface area contributed by atoms with Gasteiger partial charge in [0.1, 0.15) is 0 Å². The molecule has 1 amide bonds. The number of amidine groups is 1. The van der Waals surface area contributed by atoms with E-state index in [1.807, 2.05) is 36.4 Å². The highest BCUT2D eigenvalue weighted by Gasteiger charge is 2.33. The number of hydrogen-bond acceptors (Lipinski definition) is 6. The summed E-state index contributed by atoms with van der Waals surface area (Å²) >= 11 is 1.41. The number of anilines is 1. The molecule has 0 spiro atoms. The molecule has 0 saturated carbocycles. The van der Waals surface area contributed by atoms with Crippen LogP contribution in [-0.2, 0) is 14.3 Å². The van der Waals surface area contributed by atoms with Crippen LogP contribution in [0.15, 0.2) is 58.4 Å². The van der Waals surface area contributed by atoms with E-state index in [1.165, 1.54) is 17.4 Å². The lowest BCUT2D eigenvalue weighted by atomic mass is 10.1. The number of nitrogens with zero attached hydrogens (tertiary/aromatic N) is 3. The number of morpholine rings is 1. The summed E-state index contributed by atoms with van der Waals surface area (Å²) in [6.45, 7) is 6.35. The summed E-state index contributed by atoms with van der Waals surface area (Å²) in [7, 11) is 1.64. The number of methoxy groups -OCH3 is 1. The van der Waals surface area contributed by atoms with E-state index in [2.05, 4.69) is 30.0 Å². The van der Waals surface area contributed by atoms with Crippen molar-refractivity contribution in [2.24, 2.45) is 4.99 Å². The van der Waals surface area contributed by atoms with Crippen LogP contribution < -0.4 is 4.90 Å². The van der Waals surface area contributed by atoms with Crippen molar-refractivity contribution in [3.63, 3.8) is 0 Å². The quantitative estimate of drug-likeness (QED) is 0.638. The molecule has 4 rings (SSSR count). The van der Waals surface area contributed by atoms with Crippen molar-refractivity contribution in [1.29, 1.82) is 0 Å². The lowest BCUT2D eigenvalue weighted by molar-refractivity contribution is -0.122. The number of rotatable bonds is 6. The van der Waals surface area contributed by atoms with Crippen LogP contribution in [0.25, 0.3) is 6.08 Å². The van der Waals surface area contributed by atoms with Gasteiger partial charge in [-0.2, -0.15) is 0 Å². The Labute approximate surface area is 187 Å². The molecule has 0 bridgehead atoms. The number of ether oxygens (including phenoxy) is 2. The molecule has 2 aromatic carbocycles. The molecule has 2 heterocycles. The third kappa shape index (κ3) is 5.18. The van der Waals surface area contributed by atoms with E-state index in [0.29, 0.717) is 23.2 Å². The van der Waals surface area contributed by atoms with Crippen LogP contribution in [0.3, 0.4) is 0 Å². The topological polar surface area (TPSA) is 54.4 Å². The maximum Gasteiger partial charge on any atom is 0.266 e. The Morgan fingerprint density at radius 1 is 1.16 bits per heavy atom. The number of thioether (sulfide) groups is 1. The zero-order valence-corrected chi connectivity index (χ0v) is 18.7. The highest BCUT2D eigenvalue weighted by molar-refractivity contribution is 8.18. The number of aliphatic imine (C=N–C) groups is 1. The van der Waals surface area contributed by atoms with Crippen LogP contribution in [0.5, 0.6) is 0 Å². The lowest BCUT2D eigenvalue weighted by Crippen LogP contribution is -2.36. The van der Waals surface area contributed by atoms with Crippen molar-refractivity contribution in [3.05, 3.63) is 64.6 Å². The Hall–Kier alpha value is -2.61. The fourth-order valence-electron chi connectivity index (χ4n) is 3.57. The summed E-state index contributed by atoms with van der Waals surface area (Å²) in [5.41, 5.74) is 4.20. The van der Waals surface area contributed by atoms with E-state index in [0.717, 1.165) is 43.1 Å². The molecule has 31 heavy (non-hydrogen) atoms. The molecule has 0 radical (unpaired) electrons. The number of carbonyl (C=O) groups is 1. The van der Waals surface area contributed by atoms with Crippen molar-refractivity contribution >= 4 is 40.3 Å². The average Bonchev–Trinajstić information content (AvgIpc) is 3.08. The molecule has 2 fully saturated rings. The van der Waals surface area contributed by atoms with Crippen molar-refractivity contribution in [2.75, 3.05) is 51.5 Å². The molecule has 0 aromatic heterocycles. The van der Waals surface area contributed by atoms with Gasteiger partial charge in [-0.25, -0.2) is 4.99 Å². The second-order valence-corrected chi connectivity index (χ2v) is 8.44. The molecule has 162 valence electrons. The van der Waals surface area contributed by atoms with Gasteiger partial charge in [-0.1, -0.05) is 24.3 Å². The molecule has 2 aliphatic rings. The van der Waals surface area contributed by atoms with Crippen LogP contribution >= 0.6 is 11.8 Å². The minimum Gasteiger partial charge on any atom is -0.383 e. The number of para-hydroxylation sites is 1. The largest absolute Gasteiger partial charge is 0.383 e. The molecular weight excluding hydrogens is 410 g/mol. The van der Waals surface area contributed by atoms with Crippen LogP contribution in [0, 0.1) is 6.92 Å². The number of aryl methyl sites for hydroxylation is 1. The van der Waals surface area contributed by atoms with Crippen molar-refractivity contribution in [2.45, 2.75) is 6.92 Å². The minimum atomic E-state index is -0.0339. The lowest BCUT2D eigenvalue weighted by Gasteiger charge is -2.29. The van der Waals surface area contributed by atoms with Gasteiger partial charge in [0.05, 0.1) is 37.0 Å². The fraction of sp³-hybridized carbons (Fsp3) is 0.333. The van der Waals surface area contributed by atoms with Crippen molar-refractivity contribution < 1.29 is 14.3 Å². The first-order valence-corrected chi connectivity index (χ1v) is 11.2. The second kappa shape index (κ2) is 10.1. The van der Waals surface area contributed by atoms with Gasteiger partial charge in [0, 0.05) is 25.9 Å². The predicted molar refractivity (Wildman–Crippen MR) is 127 cm³/mol. The second-order valence-electron chi connectivity index (χ2n) is 7.43. The molecule has 0 unspecified atom stereocenters. The summed E-state index contributed by atoms with van der Waals surface area (Å²) in [6.07, 6.45) is 1.97. The Balaban J connectivity index is 1.59. The molecular formula is C24H27N3O3S. The fourth-order valence-corrected chi connectivity index (χ4v) is 4.58. The van der Waals surface area contributed by atoms with Crippen molar-refractivity contribution in [1.82, 2.24) is 4.90 Å². The molecule has 6 nitrogen and oxygen atoms in total. The maximum absolute atomic E-state index is 13.1. The highest BCUT2D eigenvalue weighted by Crippen LogP contribution is 2.35. The van der Waals surface area contributed by atoms with E-state index < -0.39 is 0 Å². The van der Waals surface area contributed by atoms with Gasteiger partial charge in [-0.3, -0.25) is 9.69 Å². The predicted octanol–water partition coefficient (Wildman–Crippen LogP) is 4.08. The maximum atomic E-state index is 13.1. The first-order valence-electron chi connectivity index (χ1n) is 10.4. The van der Waals surface area contributed by atoms with E-state index in [-0.39, 0.29) is 5.91 Å². The Morgan fingerprint density at radius 2 is 1.94 bits per heavy atom. The normalized spacial score (nSPS) is 19.6. The van der Waals surface area contributed by atoms with E-state index >= 15 is 0 Å². The first-order chi connectivity index (χ1) is 15.2. The highest BCUT2D eigenvalue weighted by atomic mass is 32.2. The van der Waals surface area contributed by atoms with Gasteiger partial charge in [0.15, 0.2) is 5.17 Å². The smallest absolute Gasteiger partial charge is 0.266 e. The van der Waals surface area contributed by atoms with Gasteiger partial charge in [0.25, 0.3) is 5.91 Å². The molecule has 0 aliphatic carbocycles. The Kier molecular flexibility index (Phi) is 7.06. The van der Waals surface area contributed by atoms with E-state index in [1.54, 1.807) is 12.0 Å². The molecule has 0 N–H and O–H groups in total. The Bertz CT molecular complexity index is 985. The number of carbonyl (C=O) groups excluding carboxylic acids is 1. The monoisotopic (exact) mass is 437 g/mol. The molecule has 7 heteroatoms. The van der Waals surface area contributed by atoms with Crippen LogP contribution in [-0.4, -0.2) is 62.5 Å². The zero-order valence-electron chi connectivity index (χ0n) is 17.9. The van der Waals surface area contributed by atoms with Crippen LogP contribution in [0.1, 0.15) is 11.1 Å². The molecule has 2 saturated heterocycles. The summed E-state index contributed by atoms with van der Waals surface area (Å²) in [4.78, 5) is 22.5. The van der Waals surface area contributed by atoms with E-state index in [4.69, 9.17) is 14.5 Å². The standard InChI is InChI=1S/C24H27N3O3S/c1-18-16-21(26-10-14-30-15-11-26)9-8-19(18)17-22-23(28)27(12-13-29-2)24(31-22)25-20-6-4-3-5-7-20/h3-9,16-17H,10-15H2,1-2H3/b22-17-,25-24?. The Morgan fingerprint density at radius 3 is 2.65 bits per heavy atom. The molecule has 2 aliphatic heterocycles. The SMILES string of the molecule is COCCN1C(=O)/C(=C/c2ccc(N3CCOCC3)cc2C)SC1=Nc1ccccc1. The first kappa shape index (κ1) is 21.6. The van der Waals surface area contributed by atoms with Gasteiger partial charge in [-0.15, -0.1) is 0 Å². The summed E-state index contributed by atoms with van der Waals surface area (Å²) in [5, 5.41) is 0.682. The van der Waals surface area contributed by atoms with Gasteiger partial charge < -0.3 is 14.4 Å². The van der Waals surface area contributed by atoms with Crippen LogP contribution in [0.4, 0.5) is 11.4 Å². The summed E-state index contributed by atoms with van der Waals surface area (Å²) in [6, 6.07) is 16.1. The van der Waals surface area contributed by atoms with E-state index in [9.17, 15) is 4.79 Å². The summed E-state index contributed by atoms with van der Waals surface area (Å²) in [5.74, 6) is -0.0339. The summed E-state index contributed by atoms with van der Waals surface area (Å²) < 4.78 is 10.7. The number of amides is 1. The molecule has 2 aromatic rings. The average molecular weight is 438 g/mol. The third-order valence-electron chi connectivity index (χ3n) is 5.30. The van der Waals surface area contributed by atoms with Crippen molar-refractivity contribution in [3.8, 4) is 0 Å². The number of benzene rings is 2. The van der Waals surface area contributed by atoms with Gasteiger partial charge >= 0.3 is 0 Å².